The molecule has 1 atom stereocenters. The third-order valence-corrected chi connectivity index (χ3v) is 3.59. The molecular formula is C15H13Cl3. The minimum Gasteiger partial charge on any atom is -0.117 e. The molecule has 0 aromatic heterocycles. The average molecular weight is 300 g/mol. The van der Waals surface area contributed by atoms with Crippen molar-refractivity contribution in [2.75, 3.05) is 0 Å². The van der Waals surface area contributed by atoms with Crippen molar-refractivity contribution in [2.45, 2.75) is 18.7 Å². The maximum absolute atomic E-state index is 6.44. The summed E-state index contributed by atoms with van der Waals surface area (Å²) < 4.78 is 0. The molecule has 0 spiro atoms. The molecule has 2 rings (SSSR count). The van der Waals surface area contributed by atoms with Gasteiger partial charge in [0.2, 0.25) is 0 Å². The summed E-state index contributed by atoms with van der Waals surface area (Å²) in [5.41, 5.74) is 3.29. The van der Waals surface area contributed by atoms with Crippen LogP contribution in [0.15, 0.2) is 42.5 Å². The zero-order valence-electron chi connectivity index (χ0n) is 9.96. The number of alkyl halides is 1. The first-order valence-electron chi connectivity index (χ1n) is 5.70. The molecule has 2 aromatic rings. The second kappa shape index (κ2) is 5.97. The molecule has 0 aliphatic heterocycles. The fourth-order valence-electron chi connectivity index (χ4n) is 1.93. The van der Waals surface area contributed by atoms with Gasteiger partial charge in [-0.1, -0.05) is 41.4 Å². The third kappa shape index (κ3) is 3.65. The lowest BCUT2D eigenvalue weighted by Crippen LogP contribution is -1.96. The molecule has 3 heteroatoms. The van der Waals surface area contributed by atoms with Crippen LogP contribution >= 0.6 is 34.8 Å². The molecule has 0 bridgehead atoms. The van der Waals surface area contributed by atoms with Crippen LogP contribution in [-0.4, -0.2) is 0 Å². The van der Waals surface area contributed by atoms with Gasteiger partial charge in [0.25, 0.3) is 0 Å². The Morgan fingerprint density at radius 1 is 1.00 bits per heavy atom. The van der Waals surface area contributed by atoms with Crippen molar-refractivity contribution in [3.05, 3.63) is 69.2 Å². The molecule has 0 N–H and O–H groups in total. The summed E-state index contributed by atoms with van der Waals surface area (Å²) in [6.45, 7) is 2.01. The van der Waals surface area contributed by atoms with E-state index in [0.717, 1.165) is 33.2 Å². The van der Waals surface area contributed by atoms with Gasteiger partial charge in [-0.3, -0.25) is 0 Å². The largest absolute Gasteiger partial charge is 0.117 e. The molecule has 0 fully saturated rings. The molecule has 94 valence electrons. The van der Waals surface area contributed by atoms with Gasteiger partial charge in [-0.2, -0.15) is 0 Å². The number of aryl methyl sites for hydroxylation is 1. The quantitative estimate of drug-likeness (QED) is 0.626. The molecular weight excluding hydrogens is 287 g/mol. The van der Waals surface area contributed by atoms with Crippen molar-refractivity contribution >= 4 is 34.8 Å². The maximum Gasteiger partial charge on any atom is 0.0626 e. The Morgan fingerprint density at radius 2 is 1.78 bits per heavy atom. The molecule has 0 heterocycles. The zero-order valence-corrected chi connectivity index (χ0v) is 12.2. The average Bonchev–Trinajstić information content (AvgIpc) is 2.27. The van der Waals surface area contributed by atoms with E-state index in [1.165, 1.54) is 0 Å². The molecule has 0 nitrogen and oxygen atoms in total. The SMILES string of the molecule is Cc1cc(Cl)cc(C(Cl)Cc2cccc(Cl)c2)c1. The fraction of sp³-hybridized carbons (Fsp3) is 0.200. The van der Waals surface area contributed by atoms with Crippen LogP contribution in [0.5, 0.6) is 0 Å². The lowest BCUT2D eigenvalue weighted by molar-refractivity contribution is 0.918. The normalized spacial score (nSPS) is 12.4. The van der Waals surface area contributed by atoms with E-state index < -0.39 is 0 Å². The molecule has 0 saturated carbocycles. The molecule has 0 radical (unpaired) electrons. The van der Waals surface area contributed by atoms with Gasteiger partial charge in [-0.05, 0) is 54.3 Å². The van der Waals surface area contributed by atoms with E-state index in [1.807, 2.05) is 43.3 Å². The number of rotatable bonds is 3. The van der Waals surface area contributed by atoms with Crippen molar-refractivity contribution in [1.82, 2.24) is 0 Å². The number of halogens is 3. The molecule has 2 aromatic carbocycles. The van der Waals surface area contributed by atoms with E-state index >= 15 is 0 Å². The monoisotopic (exact) mass is 298 g/mol. The van der Waals surface area contributed by atoms with Gasteiger partial charge in [0.1, 0.15) is 0 Å². The van der Waals surface area contributed by atoms with Gasteiger partial charge in [0.15, 0.2) is 0 Å². The minimum atomic E-state index is -0.0964. The van der Waals surface area contributed by atoms with Gasteiger partial charge in [-0.25, -0.2) is 0 Å². The molecule has 0 saturated heterocycles. The summed E-state index contributed by atoms with van der Waals surface area (Å²) in [5, 5.41) is 1.36. The molecule has 0 amide bonds. The van der Waals surface area contributed by atoms with E-state index in [2.05, 4.69) is 6.07 Å². The van der Waals surface area contributed by atoms with Gasteiger partial charge in [0, 0.05) is 10.0 Å². The van der Waals surface area contributed by atoms with Gasteiger partial charge < -0.3 is 0 Å². The van der Waals surface area contributed by atoms with Crippen LogP contribution in [0.4, 0.5) is 0 Å². The summed E-state index contributed by atoms with van der Waals surface area (Å²) in [4.78, 5) is 0. The predicted octanol–water partition coefficient (Wildman–Crippen LogP) is 5.82. The van der Waals surface area contributed by atoms with E-state index in [9.17, 15) is 0 Å². The first-order valence-corrected chi connectivity index (χ1v) is 6.89. The highest BCUT2D eigenvalue weighted by atomic mass is 35.5. The van der Waals surface area contributed by atoms with Gasteiger partial charge >= 0.3 is 0 Å². The van der Waals surface area contributed by atoms with Crippen LogP contribution < -0.4 is 0 Å². The van der Waals surface area contributed by atoms with Crippen LogP contribution in [0.2, 0.25) is 10.0 Å². The number of hydrogen-bond acceptors (Lipinski definition) is 0. The Bertz CT molecular complexity index is 529. The summed E-state index contributed by atoms with van der Waals surface area (Å²) in [7, 11) is 0. The van der Waals surface area contributed by atoms with Crippen molar-refractivity contribution in [3.63, 3.8) is 0 Å². The topological polar surface area (TPSA) is 0 Å². The number of hydrogen-bond donors (Lipinski definition) is 0. The summed E-state index contributed by atoms with van der Waals surface area (Å²) in [6.07, 6.45) is 0.738. The number of benzene rings is 2. The van der Waals surface area contributed by atoms with Crippen LogP contribution in [0.3, 0.4) is 0 Å². The fourth-order valence-corrected chi connectivity index (χ4v) is 2.75. The Hall–Kier alpha value is -0.690. The standard InChI is InChI=1S/C15H13Cl3/c1-10-5-12(9-14(17)6-10)15(18)8-11-3-2-4-13(16)7-11/h2-7,9,15H,8H2,1H3. The second-order valence-corrected chi connectivity index (χ2v) is 5.76. The highest BCUT2D eigenvalue weighted by Gasteiger charge is 2.10. The van der Waals surface area contributed by atoms with E-state index in [4.69, 9.17) is 34.8 Å². The molecule has 0 aliphatic rings. The van der Waals surface area contributed by atoms with E-state index in [1.54, 1.807) is 0 Å². The Labute approximate surface area is 122 Å². The minimum absolute atomic E-state index is 0.0964. The summed E-state index contributed by atoms with van der Waals surface area (Å²) in [5.74, 6) is 0. The van der Waals surface area contributed by atoms with E-state index in [0.29, 0.717) is 0 Å². The van der Waals surface area contributed by atoms with Crippen molar-refractivity contribution in [1.29, 1.82) is 0 Å². The highest BCUT2D eigenvalue weighted by Crippen LogP contribution is 2.28. The maximum atomic E-state index is 6.44. The van der Waals surface area contributed by atoms with Crippen LogP contribution in [0, 0.1) is 6.92 Å². The summed E-state index contributed by atoms with van der Waals surface area (Å²) >= 11 is 18.4. The van der Waals surface area contributed by atoms with Crippen molar-refractivity contribution in [3.8, 4) is 0 Å². The molecule has 0 aliphatic carbocycles. The van der Waals surface area contributed by atoms with Crippen LogP contribution in [-0.2, 0) is 6.42 Å². The first-order chi connectivity index (χ1) is 8.54. The first kappa shape index (κ1) is 13.7. The van der Waals surface area contributed by atoms with Crippen molar-refractivity contribution in [2.24, 2.45) is 0 Å². The smallest absolute Gasteiger partial charge is 0.0626 e. The van der Waals surface area contributed by atoms with E-state index in [-0.39, 0.29) is 5.38 Å². The predicted molar refractivity (Wildman–Crippen MR) is 79.9 cm³/mol. The van der Waals surface area contributed by atoms with Crippen molar-refractivity contribution < 1.29 is 0 Å². The lowest BCUT2D eigenvalue weighted by atomic mass is 10.0. The second-order valence-electron chi connectivity index (χ2n) is 4.36. The summed E-state index contributed by atoms with van der Waals surface area (Å²) in [6, 6.07) is 13.7. The third-order valence-electron chi connectivity index (χ3n) is 2.73. The van der Waals surface area contributed by atoms with Crippen LogP contribution in [0.1, 0.15) is 22.1 Å². The zero-order chi connectivity index (χ0) is 13.1. The molecule has 1 unspecified atom stereocenters. The van der Waals surface area contributed by atoms with Crippen LogP contribution in [0.25, 0.3) is 0 Å². The highest BCUT2D eigenvalue weighted by molar-refractivity contribution is 6.31. The molecule has 18 heavy (non-hydrogen) atoms. The van der Waals surface area contributed by atoms with Gasteiger partial charge in [-0.15, -0.1) is 11.6 Å². The van der Waals surface area contributed by atoms with Gasteiger partial charge in [0.05, 0.1) is 5.38 Å². The Morgan fingerprint density at radius 3 is 2.44 bits per heavy atom. The lowest BCUT2D eigenvalue weighted by Gasteiger charge is -2.11. The Balaban J connectivity index is 2.19. The Kier molecular flexibility index (Phi) is 4.55.